The maximum absolute atomic E-state index is 12.4. The van der Waals surface area contributed by atoms with E-state index in [1.807, 2.05) is 19.1 Å². The molecular formula is C13H12BrClN2O2S. The SMILES string of the molecule is Cc1ccc(Br)cc1NS(=O)(=O)c1cc(N)ccc1Cl. The second-order valence-electron chi connectivity index (χ2n) is 4.25. The number of halogens is 2. The van der Waals surface area contributed by atoms with E-state index in [4.69, 9.17) is 17.3 Å². The molecule has 2 rings (SSSR count). The van der Waals surface area contributed by atoms with E-state index in [1.165, 1.54) is 12.1 Å². The lowest BCUT2D eigenvalue weighted by atomic mass is 10.2. The number of sulfonamides is 1. The first-order chi connectivity index (χ1) is 9.29. The predicted molar refractivity (Wildman–Crippen MR) is 85.6 cm³/mol. The normalized spacial score (nSPS) is 11.3. The first-order valence-corrected chi connectivity index (χ1v) is 8.29. The number of hydrogen-bond acceptors (Lipinski definition) is 3. The summed E-state index contributed by atoms with van der Waals surface area (Å²) in [5, 5.41) is 0.124. The van der Waals surface area contributed by atoms with Crippen molar-refractivity contribution in [2.45, 2.75) is 11.8 Å². The van der Waals surface area contributed by atoms with Gasteiger partial charge in [0.05, 0.1) is 10.7 Å². The minimum absolute atomic E-state index is 0.0430. The van der Waals surface area contributed by atoms with E-state index in [0.29, 0.717) is 11.4 Å². The smallest absolute Gasteiger partial charge is 0.263 e. The Balaban J connectivity index is 2.46. The topological polar surface area (TPSA) is 72.2 Å². The highest BCUT2D eigenvalue weighted by Gasteiger charge is 2.19. The fourth-order valence-electron chi connectivity index (χ4n) is 1.63. The third kappa shape index (κ3) is 3.26. The molecule has 7 heteroatoms. The van der Waals surface area contributed by atoms with Gasteiger partial charge in [-0.05, 0) is 42.8 Å². The number of nitrogens with two attached hydrogens (primary N) is 1. The Bertz CT molecular complexity index is 763. The van der Waals surface area contributed by atoms with E-state index in [-0.39, 0.29) is 9.92 Å². The van der Waals surface area contributed by atoms with Crippen molar-refractivity contribution in [3.63, 3.8) is 0 Å². The zero-order valence-electron chi connectivity index (χ0n) is 10.5. The van der Waals surface area contributed by atoms with E-state index >= 15 is 0 Å². The third-order valence-corrected chi connectivity index (χ3v) is 5.03. The Labute approximate surface area is 131 Å². The van der Waals surface area contributed by atoms with Gasteiger partial charge in [0.1, 0.15) is 4.90 Å². The number of aryl methyl sites for hydroxylation is 1. The molecule has 106 valence electrons. The number of nitrogens with one attached hydrogen (secondary N) is 1. The number of rotatable bonds is 3. The first kappa shape index (κ1) is 15.2. The second-order valence-corrected chi connectivity index (χ2v) is 7.23. The molecule has 2 aromatic rings. The zero-order valence-corrected chi connectivity index (χ0v) is 13.7. The number of hydrogen-bond donors (Lipinski definition) is 2. The maximum Gasteiger partial charge on any atom is 0.263 e. The predicted octanol–water partition coefficient (Wildman–Crippen LogP) is 3.79. The second kappa shape index (κ2) is 5.63. The number of anilines is 2. The van der Waals surface area contributed by atoms with Crippen LogP contribution in [0, 0.1) is 6.92 Å². The highest BCUT2D eigenvalue weighted by molar-refractivity contribution is 9.10. The van der Waals surface area contributed by atoms with Crippen molar-refractivity contribution in [1.29, 1.82) is 0 Å². The average Bonchev–Trinajstić information content (AvgIpc) is 2.36. The summed E-state index contributed by atoms with van der Waals surface area (Å²) in [4.78, 5) is -0.0430. The molecule has 0 saturated carbocycles. The lowest BCUT2D eigenvalue weighted by Crippen LogP contribution is -2.14. The molecule has 0 aromatic heterocycles. The van der Waals surface area contributed by atoms with E-state index in [9.17, 15) is 8.42 Å². The highest BCUT2D eigenvalue weighted by Crippen LogP contribution is 2.28. The Morgan fingerprint density at radius 3 is 2.60 bits per heavy atom. The van der Waals surface area contributed by atoms with Crippen LogP contribution in [0.1, 0.15) is 5.56 Å². The van der Waals surface area contributed by atoms with Crippen LogP contribution in [0.15, 0.2) is 45.8 Å². The molecule has 0 atom stereocenters. The van der Waals surface area contributed by atoms with E-state index < -0.39 is 10.0 Å². The van der Waals surface area contributed by atoms with Crippen LogP contribution in [0.25, 0.3) is 0 Å². The van der Waals surface area contributed by atoms with Gasteiger partial charge < -0.3 is 5.73 Å². The molecule has 0 unspecified atom stereocenters. The summed E-state index contributed by atoms with van der Waals surface area (Å²) in [5.41, 5.74) is 7.23. The van der Waals surface area contributed by atoms with Crippen molar-refractivity contribution in [3.05, 3.63) is 51.5 Å². The van der Waals surface area contributed by atoms with Crippen molar-refractivity contribution in [2.24, 2.45) is 0 Å². The van der Waals surface area contributed by atoms with E-state index in [2.05, 4.69) is 20.7 Å². The molecule has 0 radical (unpaired) electrons. The maximum atomic E-state index is 12.4. The molecule has 4 nitrogen and oxygen atoms in total. The van der Waals surface area contributed by atoms with Gasteiger partial charge in [-0.15, -0.1) is 0 Å². The highest BCUT2D eigenvalue weighted by atomic mass is 79.9. The minimum Gasteiger partial charge on any atom is -0.399 e. The quantitative estimate of drug-likeness (QED) is 0.802. The van der Waals surface area contributed by atoms with Crippen LogP contribution in [0.4, 0.5) is 11.4 Å². The van der Waals surface area contributed by atoms with Gasteiger partial charge in [0, 0.05) is 10.2 Å². The van der Waals surface area contributed by atoms with Crippen LogP contribution in [0.5, 0.6) is 0 Å². The molecule has 0 aliphatic carbocycles. The van der Waals surface area contributed by atoms with Crippen molar-refractivity contribution in [1.82, 2.24) is 0 Å². The van der Waals surface area contributed by atoms with Crippen molar-refractivity contribution in [2.75, 3.05) is 10.5 Å². The lowest BCUT2D eigenvalue weighted by molar-refractivity contribution is 0.601. The Hall–Kier alpha value is -1.24. The molecule has 0 aliphatic heterocycles. The zero-order chi connectivity index (χ0) is 14.9. The van der Waals surface area contributed by atoms with Crippen molar-refractivity contribution < 1.29 is 8.42 Å². The average molecular weight is 376 g/mol. The first-order valence-electron chi connectivity index (χ1n) is 5.63. The van der Waals surface area contributed by atoms with Gasteiger partial charge in [-0.1, -0.05) is 33.6 Å². The summed E-state index contributed by atoms with van der Waals surface area (Å²) in [6, 6.07) is 9.67. The number of nitrogen functional groups attached to an aromatic ring is 1. The summed E-state index contributed by atoms with van der Waals surface area (Å²) in [6.07, 6.45) is 0. The standard InChI is InChI=1S/C13H12BrClN2O2S/c1-8-2-3-9(14)6-12(8)17-20(18,19)13-7-10(16)4-5-11(13)15/h2-7,17H,16H2,1H3. The van der Waals surface area contributed by atoms with Gasteiger partial charge in [0.15, 0.2) is 0 Å². The Morgan fingerprint density at radius 1 is 1.20 bits per heavy atom. The summed E-state index contributed by atoms with van der Waals surface area (Å²) in [5.74, 6) is 0. The Morgan fingerprint density at radius 2 is 1.90 bits per heavy atom. The molecule has 0 amide bonds. The fourth-order valence-corrected chi connectivity index (χ4v) is 3.65. The van der Waals surface area contributed by atoms with Crippen molar-refractivity contribution in [3.8, 4) is 0 Å². The third-order valence-electron chi connectivity index (χ3n) is 2.69. The lowest BCUT2D eigenvalue weighted by Gasteiger charge is -2.12. The molecular weight excluding hydrogens is 364 g/mol. The summed E-state index contributed by atoms with van der Waals surface area (Å²) in [7, 11) is -3.79. The number of benzene rings is 2. The van der Waals surface area contributed by atoms with Crippen LogP contribution in [0.2, 0.25) is 5.02 Å². The van der Waals surface area contributed by atoms with Gasteiger partial charge in [-0.2, -0.15) is 0 Å². The minimum atomic E-state index is -3.79. The molecule has 0 heterocycles. The van der Waals surface area contributed by atoms with Crippen LogP contribution < -0.4 is 10.5 Å². The summed E-state index contributed by atoms with van der Waals surface area (Å²) in [6.45, 7) is 1.81. The summed E-state index contributed by atoms with van der Waals surface area (Å²) < 4.78 is 28.0. The van der Waals surface area contributed by atoms with Crippen LogP contribution >= 0.6 is 27.5 Å². The molecule has 0 spiro atoms. The van der Waals surface area contributed by atoms with Gasteiger partial charge >= 0.3 is 0 Å². The van der Waals surface area contributed by atoms with Crippen LogP contribution in [-0.4, -0.2) is 8.42 Å². The molecule has 2 aromatic carbocycles. The van der Waals surface area contributed by atoms with Crippen molar-refractivity contribution >= 4 is 48.9 Å². The van der Waals surface area contributed by atoms with Crippen LogP contribution in [-0.2, 0) is 10.0 Å². The summed E-state index contributed by atoms with van der Waals surface area (Å²) >= 11 is 9.24. The molecule has 0 fully saturated rings. The Kier molecular flexibility index (Phi) is 4.27. The molecule has 0 bridgehead atoms. The molecule has 3 N–H and O–H groups in total. The largest absolute Gasteiger partial charge is 0.399 e. The van der Waals surface area contributed by atoms with Gasteiger partial charge in [-0.3, -0.25) is 4.72 Å². The monoisotopic (exact) mass is 374 g/mol. The van der Waals surface area contributed by atoms with Gasteiger partial charge in [0.25, 0.3) is 10.0 Å². The molecule has 20 heavy (non-hydrogen) atoms. The van der Waals surface area contributed by atoms with Gasteiger partial charge in [-0.25, -0.2) is 8.42 Å². The fraction of sp³-hybridized carbons (Fsp3) is 0.0769. The molecule has 0 saturated heterocycles. The van der Waals surface area contributed by atoms with Crippen LogP contribution in [0.3, 0.4) is 0 Å². The van der Waals surface area contributed by atoms with Gasteiger partial charge in [0.2, 0.25) is 0 Å². The van der Waals surface area contributed by atoms with E-state index in [1.54, 1.807) is 12.1 Å². The van der Waals surface area contributed by atoms with E-state index in [0.717, 1.165) is 10.0 Å². The molecule has 0 aliphatic rings.